The molecule has 0 spiro atoms. The molecule has 21 heavy (non-hydrogen) atoms. The molecule has 0 bridgehead atoms. The molecule has 0 saturated heterocycles. The molecule has 0 radical (unpaired) electrons. The fraction of sp³-hybridized carbons (Fsp3) is 0.143. The molecule has 0 unspecified atom stereocenters. The zero-order valence-electron chi connectivity index (χ0n) is 11.1. The lowest BCUT2D eigenvalue weighted by molar-refractivity contribution is 0.607. The van der Waals surface area contributed by atoms with Gasteiger partial charge in [-0.25, -0.2) is 9.97 Å². The van der Waals surface area contributed by atoms with E-state index in [0.29, 0.717) is 24.5 Å². The molecule has 7 heteroatoms. The molecule has 3 aromatic heterocycles. The first-order valence-electron chi connectivity index (χ1n) is 6.62. The van der Waals surface area contributed by atoms with Gasteiger partial charge in [0.05, 0.1) is 12.7 Å². The van der Waals surface area contributed by atoms with Crippen molar-refractivity contribution in [2.75, 3.05) is 11.9 Å². The molecule has 0 atom stereocenters. The number of aromatic nitrogens is 5. The van der Waals surface area contributed by atoms with Gasteiger partial charge in [-0.05, 0) is 12.1 Å². The van der Waals surface area contributed by atoms with E-state index < -0.39 is 0 Å². The summed E-state index contributed by atoms with van der Waals surface area (Å²) in [6.07, 6.45) is 5.02. The second-order valence-electron chi connectivity index (χ2n) is 4.59. The van der Waals surface area contributed by atoms with Crippen LogP contribution < -0.4 is 5.32 Å². The van der Waals surface area contributed by atoms with Gasteiger partial charge in [-0.15, -0.1) is 5.10 Å². The maximum absolute atomic E-state index is 5.85. The Labute approximate surface area is 119 Å². The van der Waals surface area contributed by atoms with Crippen LogP contribution in [-0.4, -0.2) is 31.5 Å². The summed E-state index contributed by atoms with van der Waals surface area (Å²) in [5.41, 5.74) is 2.31. The van der Waals surface area contributed by atoms with E-state index in [-0.39, 0.29) is 0 Å². The second kappa shape index (κ2) is 4.86. The molecule has 3 heterocycles. The summed E-state index contributed by atoms with van der Waals surface area (Å²) in [7, 11) is 0. The highest BCUT2D eigenvalue weighted by Gasteiger charge is 2.12. The first-order chi connectivity index (χ1) is 10.4. The number of para-hydroxylation sites is 1. The molecule has 0 amide bonds. The molecule has 4 rings (SSSR count). The van der Waals surface area contributed by atoms with Crippen LogP contribution in [0.5, 0.6) is 0 Å². The summed E-state index contributed by atoms with van der Waals surface area (Å²) in [4.78, 5) is 8.58. The topological polar surface area (TPSA) is 81.7 Å². The smallest absolute Gasteiger partial charge is 0.196 e. The Morgan fingerprint density at radius 1 is 1.19 bits per heavy atom. The molecule has 104 valence electrons. The van der Waals surface area contributed by atoms with Gasteiger partial charge in [-0.1, -0.05) is 17.3 Å². The molecular formula is C14H12N6O. The highest BCUT2D eigenvalue weighted by Crippen LogP contribution is 2.29. The molecule has 1 N–H and O–H groups in total. The molecule has 0 saturated carbocycles. The highest BCUT2D eigenvalue weighted by molar-refractivity contribution is 6.05. The van der Waals surface area contributed by atoms with E-state index >= 15 is 0 Å². The number of rotatable bonds is 4. The predicted octanol–water partition coefficient (Wildman–Crippen LogP) is 2.08. The molecule has 7 nitrogen and oxygen atoms in total. The molecule has 0 aliphatic carbocycles. The van der Waals surface area contributed by atoms with Gasteiger partial charge < -0.3 is 9.73 Å². The number of fused-ring (bicyclic) bond motifs is 3. The molecular weight excluding hydrogens is 268 g/mol. The number of benzene rings is 1. The van der Waals surface area contributed by atoms with Crippen LogP contribution in [0, 0.1) is 0 Å². The third-order valence-corrected chi connectivity index (χ3v) is 3.26. The average molecular weight is 280 g/mol. The highest BCUT2D eigenvalue weighted by atomic mass is 16.3. The molecule has 0 aliphatic rings. The largest absolute Gasteiger partial charge is 0.450 e. The van der Waals surface area contributed by atoms with Crippen LogP contribution in [0.2, 0.25) is 0 Å². The Hall–Kier alpha value is -2.96. The summed E-state index contributed by atoms with van der Waals surface area (Å²) in [6.45, 7) is 1.37. The Bertz CT molecular complexity index is 883. The zero-order chi connectivity index (χ0) is 14.1. The first-order valence-corrected chi connectivity index (χ1v) is 6.62. The van der Waals surface area contributed by atoms with Gasteiger partial charge in [0.25, 0.3) is 0 Å². The van der Waals surface area contributed by atoms with Crippen molar-refractivity contribution in [3.63, 3.8) is 0 Å². The third kappa shape index (κ3) is 2.08. The van der Waals surface area contributed by atoms with Gasteiger partial charge in [-0.2, -0.15) is 0 Å². The zero-order valence-corrected chi connectivity index (χ0v) is 11.1. The number of nitrogens with zero attached hydrogens (tertiary/aromatic N) is 5. The Kier molecular flexibility index (Phi) is 2.74. The van der Waals surface area contributed by atoms with E-state index in [1.807, 2.05) is 30.5 Å². The van der Waals surface area contributed by atoms with Crippen LogP contribution in [-0.2, 0) is 6.54 Å². The lowest BCUT2D eigenvalue weighted by atomic mass is 10.2. The minimum atomic E-state index is 0.673. The standard InChI is InChI=1S/C14H12N6O/c1-2-4-11-10(3-1)12-13(21-11)14(17-9-16-12)15-5-7-20-8-6-18-19-20/h1-4,6,8-9H,5,7H2,(H,15,16,17). The Morgan fingerprint density at radius 3 is 3.05 bits per heavy atom. The van der Waals surface area contributed by atoms with E-state index in [1.54, 1.807) is 17.2 Å². The van der Waals surface area contributed by atoms with Gasteiger partial charge in [-0.3, -0.25) is 4.68 Å². The molecule has 0 fully saturated rings. The van der Waals surface area contributed by atoms with E-state index in [0.717, 1.165) is 16.5 Å². The van der Waals surface area contributed by atoms with Crippen LogP contribution in [0.1, 0.15) is 0 Å². The lowest BCUT2D eigenvalue weighted by Crippen LogP contribution is -2.12. The van der Waals surface area contributed by atoms with Gasteiger partial charge in [0.2, 0.25) is 0 Å². The van der Waals surface area contributed by atoms with Crippen LogP contribution >= 0.6 is 0 Å². The predicted molar refractivity (Wildman–Crippen MR) is 77.8 cm³/mol. The maximum Gasteiger partial charge on any atom is 0.196 e. The van der Waals surface area contributed by atoms with Crippen LogP contribution in [0.25, 0.3) is 22.1 Å². The summed E-state index contributed by atoms with van der Waals surface area (Å²) in [5.74, 6) is 0.691. The van der Waals surface area contributed by atoms with Gasteiger partial charge >= 0.3 is 0 Å². The summed E-state index contributed by atoms with van der Waals surface area (Å²) in [5, 5.41) is 11.9. The van der Waals surface area contributed by atoms with Crippen molar-refractivity contribution < 1.29 is 4.42 Å². The van der Waals surface area contributed by atoms with Crippen molar-refractivity contribution in [3.8, 4) is 0 Å². The number of nitrogens with one attached hydrogen (secondary N) is 1. The average Bonchev–Trinajstić information content (AvgIpc) is 3.15. The van der Waals surface area contributed by atoms with Crippen molar-refractivity contribution in [1.29, 1.82) is 0 Å². The number of hydrogen-bond donors (Lipinski definition) is 1. The quantitative estimate of drug-likeness (QED) is 0.616. The minimum absolute atomic E-state index is 0.673. The maximum atomic E-state index is 5.85. The lowest BCUT2D eigenvalue weighted by Gasteiger charge is -2.04. The third-order valence-electron chi connectivity index (χ3n) is 3.26. The monoisotopic (exact) mass is 280 g/mol. The fourth-order valence-electron chi connectivity index (χ4n) is 2.29. The van der Waals surface area contributed by atoms with E-state index in [1.165, 1.54) is 0 Å². The number of furan rings is 1. The Morgan fingerprint density at radius 2 is 2.14 bits per heavy atom. The van der Waals surface area contributed by atoms with Crippen molar-refractivity contribution >= 4 is 27.9 Å². The van der Waals surface area contributed by atoms with Crippen molar-refractivity contribution in [3.05, 3.63) is 43.0 Å². The molecule has 4 aromatic rings. The van der Waals surface area contributed by atoms with Gasteiger partial charge in [0, 0.05) is 18.1 Å². The number of anilines is 1. The van der Waals surface area contributed by atoms with Crippen LogP contribution in [0.15, 0.2) is 47.4 Å². The fourth-order valence-corrected chi connectivity index (χ4v) is 2.29. The molecule has 1 aromatic carbocycles. The van der Waals surface area contributed by atoms with Crippen LogP contribution in [0.3, 0.4) is 0 Å². The summed E-state index contributed by atoms with van der Waals surface area (Å²) in [6, 6.07) is 7.83. The van der Waals surface area contributed by atoms with Gasteiger partial charge in [0.1, 0.15) is 17.4 Å². The Balaban J connectivity index is 1.65. The minimum Gasteiger partial charge on any atom is -0.450 e. The number of hydrogen-bond acceptors (Lipinski definition) is 6. The normalized spacial score (nSPS) is 11.2. The summed E-state index contributed by atoms with van der Waals surface area (Å²) >= 11 is 0. The van der Waals surface area contributed by atoms with Crippen LogP contribution in [0.4, 0.5) is 5.82 Å². The molecule has 0 aliphatic heterocycles. The second-order valence-corrected chi connectivity index (χ2v) is 4.59. The SMILES string of the molecule is c1ccc2c(c1)oc1c(NCCn3ccnn3)ncnc12. The van der Waals surface area contributed by atoms with Crippen molar-refractivity contribution in [2.24, 2.45) is 0 Å². The van der Waals surface area contributed by atoms with E-state index in [4.69, 9.17) is 4.42 Å². The first kappa shape index (κ1) is 11.8. The van der Waals surface area contributed by atoms with Crippen molar-refractivity contribution in [1.82, 2.24) is 25.0 Å². The van der Waals surface area contributed by atoms with E-state index in [9.17, 15) is 0 Å². The van der Waals surface area contributed by atoms with Crippen molar-refractivity contribution in [2.45, 2.75) is 6.54 Å². The van der Waals surface area contributed by atoms with E-state index in [2.05, 4.69) is 25.6 Å². The summed E-state index contributed by atoms with van der Waals surface area (Å²) < 4.78 is 7.60. The van der Waals surface area contributed by atoms with Gasteiger partial charge in [0.15, 0.2) is 11.4 Å².